The van der Waals surface area contributed by atoms with Gasteiger partial charge >= 0.3 is 0 Å². The second-order valence-corrected chi connectivity index (χ2v) is 16.7. The number of rotatable bonds is 7. The second-order valence-electron chi connectivity index (χ2n) is 12.9. The molecule has 4 aliphatic rings. The molecule has 2 N–H and O–H groups in total. The van der Waals surface area contributed by atoms with Gasteiger partial charge in [0.25, 0.3) is 5.91 Å². The number of carbonyl (C=O) groups excluding carboxylic acids is 3. The molecule has 5 atom stereocenters. The molecule has 2 fully saturated rings. The van der Waals surface area contributed by atoms with Gasteiger partial charge in [0.1, 0.15) is 0 Å². The number of aliphatic hydroxyl groups excluding tert-OH is 1. The van der Waals surface area contributed by atoms with E-state index in [4.69, 9.17) is 4.74 Å². The molecule has 3 amide bonds. The highest BCUT2D eigenvalue weighted by Gasteiger charge is 2.67. The Bertz CT molecular complexity index is 1500. The van der Waals surface area contributed by atoms with Crippen LogP contribution in [0.1, 0.15) is 30.0 Å². The predicted molar refractivity (Wildman–Crippen MR) is 168 cm³/mol. The topological polar surface area (TPSA) is 102 Å². The minimum atomic E-state index is -3.50. The Kier molecular flexibility index (Phi) is 8.02. The monoisotopic (exact) mass is 620 g/mol. The van der Waals surface area contributed by atoms with Gasteiger partial charge in [0.05, 0.1) is 37.4 Å². The zero-order chi connectivity index (χ0) is 31.4. The molecule has 2 saturated heterocycles. The van der Waals surface area contributed by atoms with Gasteiger partial charge in [-0.1, -0.05) is 37.3 Å². The number of anilines is 2. The van der Waals surface area contributed by atoms with Crippen LogP contribution in [0.15, 0.2) is 55.1 Å². The van der Waals surface area contributed by atoms with E-state index in [2.05, 4.69) is 11.9 Å². The highest BCUT2D eigenvalue weighted by Crippen LogP contribution is 2.60. The van der Waals surface area contributed by atoms with Crippen LogP contribution in [0.25, 0.3) is 0 Å². The molecule has 6 rings (SSSR count). The van der Waals surface area contributed by atoms with E-state index in [-0.39, 0.29) is 43.8 Å². The first-order valence-corrected chi connectivity index (χ1v) is 18.4. The molecule has 44 heavy (non-hydrogen) atoms. The number of piperazine rings is 1. The van der Waals surface area contributed by atoms with E-state index in [0.29, 0.717) is 43.0 Å². The van der Waals surface area contributed by atoms with Gasteiger partial charge in [-0.2, -0.15) is 0 Å². The average Bonchev–Trinajstić information content (AvgIpc) is 3.42. The number of amides is 3. The summed E-state index contributed by atoms with van der Waals surface area (Å²) in [5.41, 5.74) is 1.86. The van der Waals surface area contributed by atoms with Crippen LogP contribution in [0.5, 0.6) is 0 Å². The lowest BCUT2D eigenvalue weighted by atomic mass is 9.82. The molecule has 2 aromatic carbocycles. The first-order chi connectivity index (χ1) is 21.0. The van der Waals surface area contributed by atoms with Gasteiger partial charge in [-0.05, 0) is 48.8 Å². The molecule has 0 aromatic heterocycles. The molecule has 9 nitrogen and oxygen atoms in total. The van der Waals surface area contributed by atoms with Crippen molar-refractivity contribution < 1.29 is 28.3 Å². The van der Waals surface area contributed by atoms with Gasteiger partial charge in [-0.3, -0.25) is 14.4 Å². The summed E-state index contributed by atoms with van der Waals surface area (Å²) < 4.78 is 23.1. The quantitative estimate of drug-likeness (QED) is 0.280. The van der Waals surface area contributed by atoms with Crippen molar-refractivity contribution in [2.45, 2.75) is 62.7 Å². The summed E-state index contributed by atoms with van der Waals surface area (Å²) in [5, 5.41) is 13.3. The smallest absolute Gasteiger partial charge is 0.264 e. The van der Waals surface area contributed by atoms with Crippen LogP contribution in [0.4, 0.5) is 15.5 Å². The van der Waals surface area contributed by atoms with Crippen LogP contribution in [0.3, 0.4) is 0 Å². The molecule has 0 aliphatic carbocycles. The van der Waals surface area contributed by atoms with Crippen molar-refractivity contribution in [1.29, 1.82) is 0 Å². The standard InChI is InChI=1S/C33H41FN4O5Si/c1-5-13-37-27-11-10-24(36-14-12-35-18-30(36)41)16-26(27)33(32(37)42)21(2)31(44(3,4)34)28(43-33)17-29(40)38-19-23-9-7-6-8-22(23)15-25(38)20-39/h5-11,16,21,25,28,31,35,39H,1,12-15,17-20H2,2-4H3/t21-,25+,28+,31-,33+/m1/s1. The predicted octanol–water partition coefficient (Wildman–Crippen LogP) is 3.27. The number of benzene rings is 2. The van der Waals surface area contributed by atoms with Crippen LogP contribution < -0.4 is 15.1 Å². The number of hydrogen-bond donors (Lipinski definition) is 2. The fourth-order valence-corrected chi connectivity index (χ4v) is 10.4. The third-order valence-corrected chi connectivity index (χ3v) is 12.4. The van der Waals surface area contributed by atoms with Crippen LogP contribution in [0, 0.1) is 5.92 Å². The summed E-state index contributed by atoms with van der Waals surface area (Å²) in [7, 11) is -3.50. The van der Waals surface area contributed by atoms with Crippen molar-refractivity contribution >= 4 is 37.5 Å². The zero-order valence-electron chi connectivity index (χ0n) is 25.6. The van der Waals surface area contributed by atoms with Gasteiger partial charge in [-0.15, -0.1) is 6.58 Å². The van der Waals surface area contributed by atoms with Crippen LogP contribution >= 0.6 is 0 Å². The molecule has 2 aromatic rings. The molecule has 0 bridgehead atoms. The maximum Gasteiger partial charge on any atom is 0.264 e. The third-order valence-electron chi connectivity index (χ3n) is 9.92. The van der Waals surface area contributed by atoms with Gasteiger partial charge < -0.3 is 34.0 Å². The van der Waals surface area contributed by atoms with E-state index in [0.717, 1.165) is 11.1 Å². The van der Waals surface area contributed by atoms with Crippen LogP contribution in [0.2, 0.25) is 18.6 Å². The maximum absolute atomic E-state index is 16.3. The molecule has 0 saturated carbocycles. The largest absolute Gasteiger partial charge is 0.394 e. The Morgan fingerprint density at radius 2 is 1.98 bits per heavy atom. The first kappa shape index (κ1) is 30.6. The lowest BCUT2D eigenvalue weighted by molar-refractivity contribution is -0.150. The van der Waals surface area contributed by atoms with Crippen LogP contribution in [-0.2, 0) is 37.7 Å². The van der Waals surface area contributed by atoms with E-state index < -0.39 is 37.6 Å². The van der Waals surface area contributed by atoms with Crippen molar-refractivity contribution in [2.24, 2.45) is 5.92 Å². The van der Waals surface area contributed by atoms with E-state index in [1.54, 1.807) is 33.9 Å². The summed E-state index contributed by atoms with van der Waals surface area (Å²) in [6.07, 6.45) is 1.23. The van der Waals surface area contributed by atoms with E-state index in [1.165, 1.54) is 0 Å². The number of nitrogens with one attached hydrogen (secondary N) is 1. The molecule has 4 heterocycles. The fourth-order valence-electron chi connectivity index (χ4n) is 7.92. The maximum atomic E-state index is 16.3. The molecule has 11 heteroatoms. The molecular formula is C33H41FN4O5Si. The number of carbonyl (C=O) groups is 3. The SMILES string of the molecule is C=CCN1C(=O)[C@@]2(O[C@@H](CC(=O)N3Cc4ccccc4C[C@H]3CO)[C@H]([Si](C)(C)F)[C@H]2C)c2cc(N3CCNCC3=O)ccc21. The highest BCUT2D eigenvalue weighted by molar-refractivity contribution is 6.72. The Morgan fingerprint density at radius 1 is 1.23 bits per heavy atom. The molecule has 4 aliphatic heterocycles. The minimum Gasteiger partial charge on any atom is -0.394 e. The van der Waals surface area contributed by atoms with Crippen molar-refractivity contribution in [1.82, 2.24) is 10.2 Å². The van der Waals surface area contributed by atoms with Gasteiger partial charge in [0.2, 0.25) is 20.2 Å². The fraction of sp³-hybridized carbons (Fsp3) is 0.485. The van der Waals surface area contributed by atoms with Crippen molar-refractivity contribution in [3.05, 3.63) is 71.8 Å². The number of hydrogen-bond acceptors (Lipinski definition) is 6. The molecule has 0 radical (unpaired) electrons. The third kappa shape index (κ3) is 4.90. The van der Waals surface area contributed by atoms with Crippen molar-refractivity contribution in [2.75, 3.05) is 42.6 Å². The summed E-state index contributed by atoms with van der Waals surface area (Å²) in [4.78, 5) is 46.1. The number of halogens is 1. The Labute approximate surface area is 258 Å². The summed E-state index contributed by atoms with van der Waals surface area (Å²) in [6, 6.07) is 13.0. The first-order valence-electron chi connectivity index (χ1n) is 15.4. The summed E-state index contributed by atoms with van der Waals surface area (Å²) >= 11 is 0. The van der Waals surface area contributed by atoms with Crippen molar-refractivity contribution in [3.8, 4) is 0 Å². The van der Waals surface area contributed by atoms with Gasteiger partial charge in [0, 0.05) is 48.9 Å². The van der Waals surface area contributed by atoms with Crippen molar-refractivity contribution in [3.63, 3.8) is 0 Å². The normalized spacial score (nSPS) is 28.4. The van der Waals surface area contributed by atoms with E-state index in [1.807, 2.05) is 49.4 Å². The lowest BCUT2D eigenvalue weighted by Crippen LogP contribution is -2.48. The Balaban J connectivity index is 1.38. The lowest BCUT2D eigenvalue weighted by Gasteiger charge is -2.37. The summed E-state index contributed by atoms with van der Waals surface area (Å²) in [6.45, 7) is 10.7. The molecular weight excluding hydrogens is 579 g/mol. The van der Waals surface area contributed by atoms with E-state index in [9.17, 15) is 19.5 Å². The zero-order valence-corrected chi connectivity index (χ0v) is 26.6. The van der Waals surface area contributed by atoms with Gasteiger partial charge in [-0.25, -0.2) is 0 Å². The van der Waals surface area contributed by atoms with Gasteiger partial charge in [0.15, 0.2) is 5.60 Å². The average molecular weight is 621 g/mol. The minimum absolute atomic E-state index is 0.0712. The number of ether oxygens (including phenoxy) is 1. The molecule has 1 spiro atoms. The summed E-state index contributed by atoms with van der Waals surface area (Å²) in [5.74, 6) is -1.18. The number of nitrogens with zero attached hydrogens (tertiary/aromatic N) is 3. The van der Waals surface area contributed by atoms with E-state index >= 15 is 4.11 Å². The van der Waals surface area contributed by atoms with Crippen LogP contribution in [-0.4, -0.2) is 81.1 Å². The molecule has 234 valence electrons. The Hall–Kier alpha value is -3.38. The molecule has 0 unspecified atom stereocenters. The number of aliphatic hydroxyl groups is 1. The number of fused-ring (bicyclic) bond motifs is 3. The second kappa shape index (κ2) is 11.5. The Morgan fingerprint density at radius 3 is 2.66 bits per heavy atom. The highest BCUT2D eigenvalue weighted by atomic mass is 28.4.